The number of carboxylic acid groups (broad SMARTS) is 2. The number of aliphatic carboxylic acids is 2. The molecule has 2 heterocycles. The predicted molar refractivity (Wildman–Crippen MR) is 127 cm³/mol. The minimum Gasteiger partial charge on any atom is -0.493 e. The van der Waals surface area contributed by atoms with Gasteiger partial charge in [-0.25, -0.2) is 22.4 Å². The minimum absolute atomic E-state index is 0.236. The Morgan fingerprint density at radius 2 is 1.75 bits per heavy atom. The Hall–Kier alpha value is -3.26. The zero-order valence-electron chi connectivity index (χ0n) is 20.5. The first-order chi connectivity index (χ1) is 16.8. The van der Waals surface area contributed by atoms with Crippen LogP contribution in [0.2, 0.25) is 0 Å². The molecule has 2 N–H and O–H groups in total. The molecular weight excluding hydrogens is 499 g/mol. The van der Waals surface area contributed by atoms with E-state index in [9.17, 15) is 12.8 Å². The van der Waals surface area contributed by atoms with Crippen molar-refractivity contribution in [3.8, 4) is 5.75 Å². The number of carbonyl (C=O) groups is 2. The summed E-state index contributed by atoms with van der Waals surface area (Å²) in [5.74, 6) is -3.15. The lowest BCUT2D eigenvalue weighted by molar-refractivity contribution is -0.159. The number of rotatable bonds is 8. The fraction of sp³-hybridized carbons (Fsp3) is 0.545. The number of ether oxygens (including phenoxy) is 1. The SMILES string of the molecule is CC(C)c1noc(N2CCN([C@H](C)CCOc3ccc(S(C)(=O)=O)c(F)c3)CC2)n1.O=C(O)C(=O)O. The molecule has 12 nitrogen and oxygen atoms in total. The average molecular weight is 531 g/mol. The van der Waals surface area contributed by atoms with Gasteiger partial charge in [-0.05, 0) is 25.5 Å². The molecule has 0 bridgehead atoms. The Morgan fingerprint density at radius 3 is 2.22 bits per heavy atom. The fourth-order valence-corrected chi connectivity index (χ4v) is 4.07. The van der Waals surface area contributed by atoms with Crippen LogP contribution in [0, 0.1) is 5.82 Å². The van der Waals surface area contributed by atoms with E-state index < -0.39 is 27.6 Å². The number of nitrogens with zero attached hydrogens (tertiary/aromatic N) is 4. The lowest BCUT2D eigenvalue weighted by Gasteiger charge is -2.37. The van der Waals surface area contributed by atoms with E-state index in [1.54, 1.807) is 0 Å². The van der Waals surface area contributed by atoms with Gasteiger partial charge in [0.05, 0.1) is 6.61 Å². The van der Waals surface area contributed by atoms with Crippen molar-refractivity contribution >= 4 is 27.8 Å². The second-order valence-corrected chi connectivity index (χ2v) is 10.6. The Labute approximate surface area is 208 Å². The van der Waals surface area contributed by atoms with Crippen molar-refractivity contribution < 1.29 is 41.9 Å². The van der Waals surface area contributed by atoms with Gasteiger partial charge in [0.15, 0.2) is 15.7 Å². The molecule has 0 amide bonds. The van der Waals surface area contributed by atoms with Gasteiger partial charge in [-0.15, -0.1) is 0 Å². The normalized spacial score (nSPS) is 15.2. The van der Waals surface area contributed by atoms with E-state index in [2.05, 4.69) is 26.9 Å². The molecule has 0 unspecified atom stereocenters. The van der Waals surface area contributed by atoms with Crippen molar-refractivity contribution in [2.75, 3.05) is 43.9 Å². The lowest BCUT2D eigenvalue weighted by atomic mass is 10.2. The molecule has 1 aromatic carbocycles. The van der Waals surface area contributed by atoms with Gasteiger partial charge >= 0.3 is 18.0 Å². The van der Waals surface area contributed by atoms with Crippen molar-refractivity contribution in [1.82, 2.24) is 15.0 Å². The molecule has 1 atom stereocenters. The summed E-state index contributed by atoms with van der Waals surface area (Å²) in [4.78, 5) is 26.8. The highest BCUT2D eigenvalue weighted by Gasteiger charge is 2.24. The number of carboxylic acids is 2. The van der Waals surface area contributed by atoms with Crippen LogP contribution in [-0.2, 0) is 19.4 Å². The third kappa shape index (κ3) is 8.45. The third-order valence-corrected chi connectivity index (χ3v) is 6.58. The summed E-state index contributed by atoms with van der Waals surface area (Å²) in [6, 6.07) is 4.72. The molecule has 1 aliphatic heterocycles. The molecule has 3 rings (SSSR count). The van der Waals surface area contributed by atoms with Crippen molar-refractivity contribution in [2.45, 2.75) is 44.0 Å². The maximum atomic E-state index is 14.0. The largest absolute Gasteiger partial charge is 0.493 e. The quantitative estimate of drug-likeness (QED) is 0.477. The van der Waals surface area contributed by atoms with Gasteiger partial charge in [0, 0.05) is 50.5 Å². The molecule has 1 saturated heterocycles. The van der Waals surface area contributed by atoms with Crippen LogP contribution >= 0.6 is 0 Å². The number of aromatic nitrogens is 2. The summed E-state index contributed by atoms with van der Waals surface area (Å²) in [6.07, 6.45) is 1.75. The summed E-state index contributed by atoms with van der Waals surface area (Å²) < 4.78 is 47.9. The van der Waals surface area contributed by atoms with E-state index in [1.165, 1.54) is 12.1 Å². The van der Waals surface area contributed by atoms with Crippen molar-refractivity contribution in [2.24, 2.45) is 0 Å². The molecule has 200 valence electrons. The average Bonchev–Trinajstić information content (AvgIpc) is 3.29. The molecule has 0 aliphatic carbocycles. The zero-order chi connectivity index (χ0) is 27.0. The number of halogens is 1. The van der Waals surface area contributed by atoms with Gasteiger partial charge < -0.3 is 24.4 Å². The van der Waals surface area contributed by atoms with Crippen molar-refractivity contribution in [1.29, 1.82) is 0 Å². The number of anilines is 1. The van der Waals surface area contributed by atoms with Crippen LogP contribution < -0.4 is 9.64 Å². The monoisotopic (exact) mass is 530 g/mol. The Kier molecular flexibility index (Phi) is 10.2. The predicted octanol–water partition coefficient (Wildman–Crippen LogP) is 1.87. The van der Waals surface area contributed by atoms with E-state index in [0.29, 0.717) is 24.4 Å². The molecule has 2 aromatic rings. The van der Waals surface area contributed by atoms with Crippen LogP contribution in [0.4, 0.5) is 10.4 Å². The van der Waals surface area contributed by atoms with Crippen molar-refractivity contribution in [3.63, 3.8) is 0 Å². The van der Waals surface area contributed by atoms with Gasteiger partial charge in [-0.1, -0.05) is 19.0 Å². The maximum absolute atomic E-state index is 14.0. The summed E-state index contributed by atoms with van der Waals surface area (Å²) in [5.41, 5.74) is 0. The van der Waals surface area contributed by atoms with E-state index in [0.717, 1.165) is 50.7 Å². The van der Waals surface area contributed by atoms with Gasteiger partial charge in [-0.2, -0.15) is 4.98 Å². The van der Waals surface area contributed by atoms with Crippen LogP contribution in [0.3, 0.4) is 0 Å². The van der Waals surface area contributed by atoms with E-state index in [-0.39, 0.29) is 10.8 Å². The fourth-order valence-electron chi connectivity index (χ4n) is 3.35. The van der Waals surface area contributed by atoms with Crippen LogP contribution in [0.5, 0.6) is 5.75 Å². The number of hydrogen-bond acceptors (Lipinski definition) is 10. The van der Waals surface area contributed by atoms with Gasteiger partial charge in [-0.3, -0.25) is 4.90 Å². The highest BCUT2D eigenvalue weighted by Crippen LogP contribution is 2.22. The topological polar surface area (TPSA) is 163 Å². The summed E-state index contributed by atoms with van der Waals surface area (Å²) in [7, 11) is -3.58. The van der Waals surface area contributed by atoms with Crippen LogP contribution in [0.15, 0.2) is 27.6 Å². The highest BCUT2D eigenvalue weighted by molar-refractivity contribution is 7.90. The maximum Gasteiger partial charge on any atom is 0.414 e. The molecule has 14 heteroatoms. The Balaban J connectivity index is 0.000000678. The minimum atomic E-state index is -3.58. The molecule has 0 radical (unpaired) electrons. The van der Waals surface area contributed by atoms with Crippen LogP contribution in [0.1, 0.15) is 38.9 Å². The second-order valence-electron chi connectivity index (χ2n) is 8.57. The molecule has 0 saturated carbocycles. The summed E-state index contributed by atoms with van der Waals surface area (Å²) >= 11 is 0. The standard InChI is InChI=1S/C20H29FN4O4S.C2H2O4/c1-14(2)19-22-20(29-23-19)25-10-8-24(9-11-25)15(3)7-12-28-16-5-6-18(17(21)13-16)30(4,26)27;3-1(4)2(5)6/h5-6,13-15H,7-12H2,1-4H3;(H,3,4)(H,5,6)/t15-;/m1./s1. The van der Waals surface area contributed by atoms with E-state index in [4.69, 9.17) is 29.1 Å². The lowest BCUT2D eigenvalue weighted by Crippen LogP contribution is -2.50. The van der Waals surface area contributed by atoms with Crippen LogP contribution in [0.25, 0.3) is 0 Å². The van der Waals surface area contributed by atoms with Crippen molar-refractivity contribution in [3.05, 3.63) is 29.8 Å². The molecular formula is C22H31FN4O8S. The van der Waals surface area contributed by atoms with Gasteiger partial charge in [0.25, 0.3) is 0 Å². The number of benzene rings is 1. The summed E-state index contributed by atoms with van der Waals surface area (Å²) in [6.45, 7) is 9.98. The molecule has 0 spiro atoms. The molecule has 1 aromatic heterocycles. The van der Waals surface area contributed by atoms with Gasteiger partial charge in [0.2, 0.25) is 0 Å². The molecule has 1 aliphatic rings. The van der Waals surface area contributed by atoms with Crippen LogP contribution in [-0.4, -0.2) is 90.7 Å². The molecule has 1 fully saturated rings. The first-order valence-corrected chi connectivity index (χ1v) is 13.1. The number of hydrogen-bond donors (Lipinski definition) is 2. The zero-order valence-corrected chi connectivity index (χ0v) is 21.4. The highest BCUT2D eigenvalue weighted by atomic mass is 32.2. The van der Waals surface area contributed by atoms with Gasteiger partial charge in [0.1, 0.15) is 16.5 Å². The summed E-state index contributed by atoms with van der Waals surface area (Å²) in [5, 5.41) is 18.8. The second kappa shape index (κ2) is 12.6. The van der Waals surface area contributed by atoms with E-state index in [1.807, 2.05) is 13.8 Å². The Morgan fingerprint density at radius 1 is 1.14 bits per heavy atom. The van der Waals surface area contributed by atoms with E-state index >= 15 is 0 Å². The third-order valence-electron chi connectivity index (χ3n) is 5.45. The smallest absolute Gasteiger partial charge is 0.414 e. The first kappa shape index (κ1) is 29.0. The molecule has 36 heavy (non-hydrogen) atoms. The Bertz CT molecular complexity index is 1130. The number of piperazine rings is 1. The first-order valence-electron chi connectivity index (χ1n) is 11.2. The number of sulfone groups is 1.